The summed E-state index contributed by atoms with van der Waals surface area (Å²) in [5.74, 6) is -8.84. The standard InChI is InChI=1S/C21H17BrF3NO2.C12H11BrF3NO.4C12H13BrF3NO.C5H5F2NO/c1-11-7-13(22)8-15(19(11)23)21(20(24)25)14-9-17(14)28-18(26-21)10-16(27)12-5-3-2-4-6-12;1-5-2-6(13)3-8(10(5)14)12(11(15)16)7-4-9(7)18-17-12;4*1-5-2-6(13)3-8(10(5)14)12(17,11(15)16)7-4-9(7)18;6-5(7)4-2-1-3(2)9-8-4/h2-8,14,17,20H,9-10H2,1H3;2-3,7,9,11,17H,4H2,1H3;4*2-3,7,9,11,18H,4,17H2,1H3;2-3,5H,1H2/t14-,17+,21-;5*7-,9+,12-;/m001000./s1. The van der Waals surface area contributed by atoms with Gasteiger partial charge in [0, 0.05) is 107 Å². The lowest BCUT2D eigenvalue weighted by Gasteiger charge is -2.34. The lowest BCUT2D eigenvalue weighted by molar-refractivity contribution is -0.0567. The average Bonchev–Trinajstić information content (AvgIpc) is 1.55. The molecule has 10 aliphatic rings. The fourth-order valence-electron chi connectivity index (χ4n) is 16.3. The van der Waals surface area contributed by atoms with Crippen LogP contribution in [0.4, 0.5) is 87.8 Å². The molecular formula is C86H85Br6F20N7O8. The van der Waals surface area contributed by atoms with Crippen molar-refractivity contribution in [2.45, 2.75) is 214 Å². The van der Waals surface area contributed by atoms with Gasteiger partial charge in [-0.05, 0) is 193 Å². The highest BCUT2D eigenvalue weighted by Crippen LogP contribution is 2.60. The van der Waals surface area contributed by atoms with Crippen LogP contribution in [0.1, 0.15) is 128 Å². The number of aliphatic hydroxyl groups excluding tert-OH is 4. The summed E-state index contributed by atoms with van der Waals surface area (Å²) in [7, 11) is 0. The van der Waals surface area contributed by atoms with Crippen molar-refractivity contribution in [3.05, 3.63) is 237 Å². The molecule has 3 heterocycles. The van der Waals surface area contributed by atoms with Gasteiger partial charge in [0.15, 0.2) is 17.2 Å². The third-order valence-corrected chi connectivity index (χ3v) is 27.0. The molecule has 0 bridgehead atoms. The molecule has 0 radical (unpaired) electrons. The van der Waals surface area contributed by atoms with Crippen LogP contribution < -0.4 is 28.4 Å². The Balaban J connectivity index is 0.000000146. The summed E-state index contributed by atoms with van der Waals surface area (Å²) < 4.78 is 279. The molecule has 7 aliphatic carbocycles. The van der Waals surface area contributed by atoms with E-state index in [1.54, 1.807) is 43.3 Å². The lowest BCUT2D eigenvalue weighted by Crippen LogP contribution is -2.48. The van der Waals surface area contributed by atoms with Gasteiger partial charge >= 0.3 is 0 Å². The van der Waals surface area contributed by atoms with Gasteiger partial charge in [-0.2, -0.15) is 5.48 Å². The van der Waals surface area contributed by atoms with E-state index in [4.69, 9.17) is 32.5 Å². The van der Waals surface area contributed by atoms with Gasteiger partial charge in [0.2, 0.25) is 0 Å². The zero-order chi connectivity index (χ0) is 94.2. The van der Waals surface area contributed by atoms with Crippen molar-refractivity contribution in [1.29, 1.82) is 0 Å². The number of carbonyl (C=O) groups is 1. The Hall–Kier alpha value is -5.77. The number of rotatable bonds is 20. The zero-order valence-corrected chi connectivity index (χ0v) is 77.1. The normalized spacial score (nSPS) is 28.0. The number of alkyl halides is 14. The van der Waals surface area contributed by atoms with Crippen LogP contribution in [0.15, 0.2) is 140 Å². The molecule has 41 heteroatoms. The average molecular weight is 2200 g/mol. The van der Waals surface area contributed by atoms with Gasteiger partial charge in [0.1, 0.15) is 80.5 Å². The number of Topliss-reactive ketones (excluding diaryl/α,β-unsaturated/α-hetero) is 1. The van der Waals surface area contributed by atoms with E-state index in [2.05, 4.69) is 116 Å². The molecule has 0 aromatic heterocycles. The van der Waals surface area contributed by atoms with Gasteiger partial charge < -0.3 is 52.9 Å². The highest BCUT2D eigenvalue weighted by Gasteiger charge is 2.68. The molecule has 7 saturated carbocycles. The van der Waals surface area contributed by atoms with E-state index in [0.717, 1.165) is 6.42 Å². The SMILES string of the molecule is Cc1cc(Br)cc([C@@](N)(C(F)F)[C@@H]2C[C@@H]2O)c1F.Cc1cc(Br)cc([C@@]2(C(F)F)N=C(CC(=O)c3ccccc3)O[C@@H]3C[C@@H]32)c1F.Cc1cc(Br)cc([C@@]2(C(F)F)NO[C@@H]3C[C@@H]32)c1F.Cc1cc(Br)cc([C@](N)(C(F)F)[C@H]2C[C@H]2O)c1F.Cc1cc(Br)cc([C@](N)(C(F)F)[C@H]2C[C@H]2O)c1F.Cc1cc(Br)cc([C@](N)(C(F)F)[C@H]2C[C@H]2O)c1F.FC(F)C1=NOC2CC12. The van der Waals surface area contributed by atoms with Crippen molar-refractivity contribution >= 4 is 113 Å². The molecule has 15 nitrogen and oxygen atoms in total. The maximum atomic E-state index is 14.9. The molecule has 13 N–H and O–H groups in total. The molecule has 3 aliphatic heterocycles. The Kier molecular flexibility index (Phi) is 31.6. The van der Waals surface area contributed by atoms with Crippen molar-refractivity contribution in [3.8, 4) is 0 Å². The molecular weight excluding hydrogens is 2120 g/mol. The molecule has 7 aromatic carbocycles. The molecule has 8 fully saturated rings. The molecule has 20 atom stereocenters. The third-order valence-electron chi connectivity index (χ3n) is 24.3. The van der Waals surface area contributed by atoms with Gasteiger partial charge in [-0.3, -0.25) is 9.63 Å². The summed E-state index contributed by atoms with van der Waals surface area (Å²) in [5.41, 5.74) is 13.7. The first-order chi connectivity index (χ1) is 59.2. The monoisotopic (exact) mass is 2200 g/mol. The number of nitrogens with one attached hydrogen (secondary N) is 1. The topological polar surface area (TPSA) is 267 Å². The predicted molar refractivity (Wildman–Crippen MR) is 451 cm³/mol. The number of hydrogen-bond acceptors (Lipinski definition) is 15. The summed E-state index contributed by atoms with van der Waals surface area (Å²) in [5, 5.41) is 40.6. The summed E-state index contributed by atoms with van der Waals surface area (Å²) in [6.45, 7) is 9.02. The van der Waals surface area contributed by atoms with Crippen LogP contribution in [0.3, 0.4) is 0 Å². The van der Waals surface area contributed by atoms with Crippen LogP contribution >= 0.6 is 95.6 Å². The number of hydrogen-bond donors (Lipinski definition) is 9. The van der Waals surface area contributed by atoms with Crippen molar-refractivity contribution in [3.63, 3.8) is 0 Å². The Bertz CT molecular complexity index is 4950. The summed E-state index contributed by atoms with van der Waals surface area (Å²) in [6.07, 6.45) is -22.0. The minimum atomic E-state index is -2.94. The minimum Gasteiger partial charge on any atom is -0.477 e. The van der Waals surface area contributed by atoms with Crippen molar-refractivity contribution in [2.75, 3.05) is 0 Å². The zero-order valence-electron chi connectivity index (χ0n) is 67.5. The number of nitrogens with two attached hydrogens (primary N) is 4. The van der Waals surface area contributed by atoms with Gasteiger partial charge in [-0.25, -0.2) is 92.8 Å². The van der Waals surface area contributed by atoms with Crippen LogP contribution in [0.2, 0.25) is 0 Å². The third kappa shape index (κ3) is 20.8. The molecule has 17 rings (SSSR count). The number of aliphatic imine (C=N–C) groups is 1. The van der Waals surface area contributed by atoms with E-state index in [0.29, 0.717) is 50.8 Å². The van der Waals surface area contributed by atoms with Gasteiger partial charge in [-0.1, -0.05) is 131 Å². The first-order valence-electron chi connectivity index (χ1n) is 39.3. The maximum absolute atomic E-state index is 14.9. The maximum Gasteiger partial charge on any atom is 0.280 e. The predicted octanol–water partition coefficient (Wildman–Crippen LogP) is 20.5. The molecule has 1 saturated heterocycles. The molecule has 7 aromatic rings. The van der Waals surface area contributed by atoms with Crippen LogP contribution in [-0.4, -0.2) is 126 Å². The number of oxime groups is 1. The van der Waals surface area contributed by atoms with Crippen LogP contribution in [0, 0.1) is 118 Å². The second-order valence-corrected chi connectivity index (χ2v) is 38.7. The van der Waals surface area contributed by atoms with Crippen molar-refractivity contribution in [1.82, 2.24) is 5.48 Å². The number of ether oxygens (including phenoxy) is 1. The number of fused-ring (bicyclic) bond motifs is 3. The first kappa shape index (κ1) is 102. The Morgan fingerprint density at radius 1 is 0.441 bits per heavy atom. The molecule has 694 valence electrons. The number of benzene rings is 7. The Morgan fingerprint density at radius 3 is 1.03 bits per heavy atom. The largest absolute Gasteiger partial charge is 0.477 e. The fourth-order valence-corrected chi connectivity index (χ4v) is 19.7. The highest BCUT2D eigenvalue weighted by atomic mass is 79.9. The fraction of sp³-hybridized carbons (Fsp3) is 0.477. The molecule has 0 spiro atoms. The second-order valence-electron chi connectivity index (χ2n) is 33.2. The van der Waals surface area contributed by atoms with E-state index >= 15 is 0 Å². The minimum absolute atomic E-state index is 0.00556. The Morgan fingerprint density at radius 2 is 0.764 bits per heavy atom. The van der Waals surface area contributed by atoms with Crippen LogP contribution in [0.25, 0.3) is 0 Å². The van der Waals surface area contributed by atoms with Crippen molar-refractivity contribution in [2.24, 2.45) is 74.5 Å². The van der Waals surface area contributed by atoms with Gasteiger partial charge in [-0.15, -0.1) is 0 Å². The molecule has 127 heavy (non-hydrogen) atoms. The van der Waals surface area contributed by atoms with Crippen LogP contribution in [0.5, 0.6) is 0 Å². The van der Waals surface area contributed by atoms with E-state index in [-0.39, 0.29) is 135 Å². The summed E-state index contributed by atoms with van der Waals surface area (Å²) in [4.78, 5) is 26.4. The Labute approximate surface area is 766 Å². The molecule has 0 amide bonds. The van der Waals surface area contributed by atoms with E-state index in [9.17, 15) is 113 Å². The quantitative estimate of drug-likeness (QED) is 0.0254. The summed E-state index contributed by atoms with van der Waals surface area (Å²) in [6, 6.07) is 25.4. The number of halogens is 26. The van der Waals surface area contributed by atoms with E-state index in [1.807, 2.05) is 0 Å². The number of ketones is 1. The van der Waals surface area contributed by atoms with Gasteiger partial charge in [0.05, 0.1) is 36.9 Å². The summed E-state index contributed by atoms with van der Waals surface area (Å²) >= 11 is 19.1. The number of nitrogens with zero attached hydrogens (tertiary/aromatic N) is 2. The highest BCUT2D eigenvalue weighted by molar-refractivity contribution is 9.11. The van der Waals surface area contributed by atoms with Crippen molar-refractivity contribution < 1.29 is 127 Å². The number of aliphatic hydroxyl groups is 4. The van der Waals surface area contributed by atoms with E-state index < -0.39 is 173 Å². The number of carbonyl (C=O) groups excluding carboxylic acids is 1. The van der Waals surface area contributed by atoms with Gasteiger partial charge in [0.25, 0.3) is 45.0 Å². The van der Waals surface area contributed by atoms with E-state index in [1.165, 1.54) is 101 Å². The smallest absolute Gasteiger partial charge is 0.280 e. The number of aryl methyl sites for hydroxylation is 6. The van der Waals surface area contributed by atoms with Crippen LogP contribution in [-0.2, 0) is 47.6 Å². The number of hydroxylamine groups is 1. The molecule has 2 unspecified atom stereocenters. The lowest BCUT2D eigenvalue weighted by atomic mass is 9.83. The second kappa shape index (κ2) is 39.4. The first-order valence-corrected chi connectivity index (χ1v) is 44.1.